The molecule has 0 aliphatic carbocycles. The summed E-state index contributed by atoms with van der Waals surface area (Å²) >= 11 is 1.57. The minimum atomic E-state index is -0.210. The van der Waals surface area contributed by atoms with Crippen LogP contribution in [0.5, 0.6) is 0 Å². The van der Waals surface area contributed by atoms with Crippen molar-refractivity contribution in [3.63, 3.8) is 0 Å². The van der Waals surface area contributed by atoms with Crippen LogP contribution in [-0.2, 0) is 9.53 Å². The predicted octanol–water partition coefficient (Wildman–Crippen LogP) is 2.12. The molecule has 0 amide bonds. The molecular weight excluding hydrogens is 262 g/mol. The van der Waals surface area contributed by atoms with Crippen molar-refractivity contribution in [2.45, 2.75) is 37.3 Å². The average molecular weight is 281 g/mol. The molecule has 1 aromatic rings. The van der Waals surface area contributed by atoms with Crippen LogP contribution in [0.2, 0.25) is 0 Å². The molecule has 0 saturated carbocycles. The number of thioether (sulfide) groups is 1. The second-order valence-corrected chi connectivity index (χ2v) is 5.20. The lowest BCUT2D eigenvalue weighted by molar-refractivity contribution is -0.145. The minimum Gasteiger partial charge on any atom is -0.464 e. The van der Waals surface area contributed by atoms with Gasteiger partial charge in [-0.05, 0) is 32.4 Å². The van der Waals surface area contributed by atoms with E-state index in [1.165, 1.54) is 0 Å². The van der Waals surface area contributed by atoms with Crippen LogP contribution >= 0.6 is 11.8 Å². The summed E-state index contributed by atoms with van der Waals surface area (Å²) in [6.07, 6.45) is 6.50. The maximum absolute atomic E-state index is 12.0. The average Bonchev–Trinajstić information content (AvgIpc) is 2.47. The molecule has 0 aromatic carbocycles. The number of hydrogen-bond acceptors (Lipinski definition) is 6. The van der Waals surface area contributed by atoms with Gasteiger partial charge in [-0.3, -0.25) is 0 Å². The van der Waals surface area contributed by atoms with Gasteiger partial charge in [-0.1, -0.05) is 0 Å². The number of carbonyl (C=O) groups excluding carboxylic acids is 1. The second-order valence-electron chi connectivity index (χ2n) is 4.38. The topological polar surface area (TPSA) is 55.3 Å². The minimum absolute atomic E-state index is 0.147. The maximum Gasteiger partial charge on any atom is 0.328 e. The van der Waals surface area contributed by atoms with Crippen molar-refractivity contribution in [3.8, 4) is 0 Å². The Kier molecular flexibility index (Phi) is 5.01. The molecule has 1 unspecified atom stereocenters. The number of aromatic nitrogens is 2. The van der Waals surface area contributed by atoms with E-state index in [0.29, 0.717) is 6.61 Å². The van der Waals surface area contributed by atoms with Gasteiger partial charge in [0.25, 0.3) is 0 Å². The summed E-state index contributed by atoms with van der Waals surface area (Å²) < 4.78 is 5.16. The molecule has 2 rings (SSSR count). The highest BCUT2D eigenvalue weighted by molar-refractivity contribution is 7.98. The van der Waals surface area contributed by atoms with Crippen LogP contribution in [-0.4, -0.2) is 41.4 Å². The fourth-order valence-corrected chi connectivity index (χ4v) is 2.66. The molecule has 1 aliphatic heterocycles. The Morgan fingerprint density at radius 2 is 2.37 bits per heavy atom. The third kappa shape index (κ3) is 3.37. The molecule has 5 nitrogen and oxygen atoms in total. The van der Waals surface area contributed by atoms with E-state index in [0.717, 1.165) is 36.7 Å². The van der Waals surface area contributed by atoms with E-state index in [4.69, 9.17) is 4.74 Å². The van der Waals surface area contributed by atoms with Gasteiger partial charge in [-0.15, -0.1) is 11.8 Å². The Balaban J connectivity index is 2.20. The Morgan fingerprint density at radius 1 is 1.53 bits per heavy atom. The lowest BCUT2D eigenvalue weighted by Crippen LogP contribution is -2.46. The van der Waals surface area contributed by atoms with Crippen LogP contribution in [0.3, 0.4) is 0 Å². The molecule has 104 valence electrons. The normalized spacial score (nSPS) is 19.3. The van der Waals surface area contributed by atoms with Crippen molar-refractivity contribution < 1.29 is 9.53 Å². The zero-order valence-electron chi connectivity index (χ0n) is 11.3. The zero-order valence-corrected chi connectivity index (χ0v) is 12.2. The molecule has 6 heteroatoms. The van der Waals surface area contributed by atoms with E-state index in [-0.39, 0.29) is 12.0 Å². The highest BCUT2D eigenvalue weighted by Gasteiger charge is 2.30. The SMILES string of the molecule is CCOC(=O)C1CCCCN1c1cc(SC)ncn1. The zero-order chi connectivity index (χ0) is 13.7. The lowest BCUT2D eigenvalue weighted by atomic mass is 10.0. The summed E-state index contributed by atoms with van der Waals surface area (Å²) in [6, 6.07) is 1.72. The van der Waals surface area contributed by atoms with Crippen molar-refractivity contribution in [1.82, 2.24) is 9.97 Å². The number of anilines is 1. The van der Waals surface area contributed by atoms with Gasteiger partial charge in [0.2, 0.25) is 0 Å². The molecular formula is C13H19N3O2S. The highest BCUT2D eigenvalue weighted by Crippen LogP contribution is 2.25. The molecule has 1 saturated heterocycles. The molecule has 1 atom stereocenters. The predicted molar refractivity (Wildman–Crippen MR) is 75.4 cm³/mol. The third-order valence-corrected chi connectivity index (χ3v) is 3.83. The number of carbonyl (C=O) groups is 1. The van der Waals surface area contributed by atoms with Gasteiger partial charge in [0.15, 0.2) is 0 Å². The summed E-state index contributed by atoms with van der Waals surface area (Å²) in [5, 5.41) is 0.915. The van der Waals surface area contributed by atoms with Gasteiger partial charge in [0, 0.05) is 12.6 Å². The Morgan fingerprint density at radius 3 is 3.11 bits per heavy atom. The molecule has 0 N–H and O–H groups in total. The Labute approximate surface area is 117 Å². The maximum atomic E-state index is 12.0. The van der Waals surface area contributed by atoms with Gasteiger partial charge in [0.05, 0.1) is 6.61 Å². The second kappa shape index (κ2) is 6.75. The summed E-state index contributed by atoms with van der Waals surface area (Å²) in [4.78, 5) is 22.5. The van der Waals surface area contributed by atoms with Gasteiger partial charge in [-0.2, -0.15) is 0 Å². The number of hydrogen-bond donors (Lipinski definition) is 0. The molecule has 1 aromatic heterocycles. The highest BCUT2D eigenvalue weighted by atomic mass is 32.2. The van der Waals surface area contributed by atoms with E-state index in [2.05, 4.69) is 9.97 Å². The third-order valence-electron chi connectivity index (χ3n) is 3.19. The van der Waals surface area contributed by atoms with Gasteiger partial charge in [-0.25, -0.2) is 14.8 Å². The van der Waals surface area contributed by atoms with Crippen LogP contribution < -0.4 is 4.90 Å². The van der Waals surface area contributed by atoms with Gasteiger partial charge >= 0.3 is 5.97 Å². The van der Waals surface area contributed by atoms with Crippen LogP contribution in [0.1, 0.15) is 26.2 Å². The van der Waals surface area contributed by atoms with Gasteiger partial charge < -0.3 is 9.64 Å². The molecule has 0 bridgehead atoms. The monoisotopic (exact) mass is 281 g/mol. The van der Waals surface area contributed by atoms with E-state index >= 15 is 0 Å². The van der Waals surface area contributed by atoms with Crippen molar-refractivity contribution in [1.29, 1.82) is 0 Å². The first-order chi connectivity index (χ1) is 9.26. The Bertz CT molecular complexity index is 442. The quantitative estimate of drug-likeness (QED) is 0.479. The summed E-state index contributed by atoms with van der Waals surface area (Å²) in [5.74, 6) is 0.670. The molecule has 19 heavy (non-hydrogen) atoms. The first kappa shape index (κ1) is 14.1. The number of esters is 1. The molecule has 2 heterocycles. The summed E-state index contributed by atoms with van der Waals surface area (Å²) in [7, 11) is 0. The number of nitrogens with zero attached hydrogens (tertiary/aromatic N) is 3. The van der Waals surface area contributed by atoms with Crippen molar-refractivity contribution >= 4 is 23.5 Å². The van der Waals surface area contributed by atoms with E-state index in [1.54, 1.807) is 18.1 Å². The summed E-state index contributed by atoms with van der Waals surface area (Å²) in [6.45, 7) is 3.10. The number of ether oxygens (including phenoxy) is 1. The van der Waals surface area contributed by atoms with Crippen molar-refractivity contribution in [2.24, 2.45) is 0 Å². The van der Waals surface area contributed by atoms with E-state index in [1.807, 2.05) is 24.1 Å². The fraction of sp³-hybridized carbons (Fsp3) is 0.615. The first-order valence-electron chi connectivity index (χ1n) is 6.55. The van der Waals surface area contributed by atoms with Gasteiger partial charge in [0.1, 0.15) is 23.2 Å². The molecule has 0 spiro atoms. The van der Waals surface area contributed by atoms with Crippen LogP contribution in [0.4, 0.5) is 5.82 Å². The van der Waals surface area contributed by atoms with Crippen molar-refractivity contribution in [3.05, 3.63) is 12.4 Å². The molecule has 1 fully saturated rings. The van der Waals surface area contributed by atoms with Crippen LogP contribution in [0, 0.1) is 0 Å². The van der Waals surface area contributed by atoms with E-state index < -0.39 is 0 Å². The smallest absolute Gasteiger partial charge is 0.328 e. The molecule has 1 aliphatic rings. The molecule has 0 radical (unpaired) electrons. The standard InChI is InChI=1S/C13H19N3O2S/c1-3-18-13(17)10-6-4-5-7-16(10)11-8-12(19-2)15-9-14-11/h8-10H,3-7H2,1-2H3. The van der Waals surface area contributed by atoms with E-state index in [9.17, 15) is 4.79 Å². The summed E-state index contributed by atoms with van der Waals surface area (Å²) in [5.41, 5.74) is 0. The first-order valence-corrected chi connectivity index (χ1v) is 7.78. The fourth-order valence-electron chi connectivity index (χ4n) is 2.29. The Hall–Kier alpha value is -1.30. The van der Waals surface area contributed by atoms with Crippen molar-refractivity contribution in [2.75, 3.05) is 24.3 Å². The lowest BCUT2D eigenvalue weighted by Gasteiger charge is -2.34. The largest absolute Gasteiger partial charge is 0.464 e. The number of rotatable bonds is 4. The van der Waals surface area contributed by atoms with Crippen LogP contribution in [0.15, 0.2) is 17.4 Å². The van der Waals surface area contributed by atoms with Crippen LogP contribution in [0.25, 0.3) is 0 Å². The number of piperidine rings is 1.